The van der Waals surface area contributed by atoms with Gasteiger partial charge in [0.2, 0.25) is 0 Å². The number of thioether (sulfide) groups is 1. The summed E-state index contributed by atoms with van der Waals surface area (Å²) in [5.41, 5.74) is 2.52. The molecule has 0 saturated carbocycles. The Balaban J connectivity index is 3.16. The molecule has 58 valence electrons. The molecular formula is C10H12S. The first-order valence-electron chi connectivity index (χ1n) is 3.55. The normalized spacial score (nSPS) is 9.64. The van der Waals surface area contributed by atoms with Crippen LogP contribution in [0, 0.1) is 6.92 Å². The lowest BCUT2D eigenvalue weighted by atomic mass is 10.1. The Morgan fingerprint density at radius 1 is 1.45 bits per heavy atom. The Hall–Kier alpha value is -0.690. The molecule has 0 atom stereocenters. The monoisotopic (exact) mass is 164 g/mol. The zero-order valence-corrected chi connectivity index (χ0v) is 7.74. The van der Waals surface area contributed by atoms with Gasteiger partial charge in [-0.15, -0.1) is 11.8 Å². The van der Waals surface area contributed by atoms with Crippen molar-refractivity contribution in [3.63, 3.8) is 0 Å². The maximum Gasteiger partial charge on any atom is 0.0142 e. The molecule has 1 rings (SSSR count). The molecule has 0 aliphatic carbocycles. The topological polar surface area (TPSA) is 0 Å². The quantitative estimate of drug-likeness (QED) is 0.604. The number of rotatable bonds is 2. The van der Waals surface area contributed by atoms with Gasteiger partial charge in [0.1, 0.15) is 0 Å². The first-order valence-corrected chi connectivity index (χ1v) is 4.77. The predicted molar refractivity (Wildman–Crippen MR) is 53.1 cm³/mol. The van der Waals surface area contributed by atoms with E-state index in [4.69, 9.17) is 0 Å². The molecule has 0 fully saturated rings. The fraction of sp³-hybridized carbons (Fsp3) is 0.200. The Morgan fingerprint density at radius 3 is 2.73 bits per heavy atom. The molecule has 0 saturated heterocycles. The fourth-order valence-corrected chi connectivity index (χ4v) is 1.60. The zero-order valence-electron chi connectivity index (χ0n) is 6.92. The minimum Gasteiger partial charge on any atom is -0.129 e. The third-order valence-corrected chi connectivity index (χ3v) is 2.42. The van der Waals surface area contributed by atoms with Gasteiger partial charge in [-0.25, -0.2) is 0 Å². The van der Waals surface area contributed by atoms with Gasteiger partial charge in [-0.1, -0.05) is 30.4 Å². The second kappa shape index (κ2) is 3.63. The lowest BCUT2D eigenvalue weighted by molar-refractivity contribution is 1.35. The van der Waals surface area contributed by atoms with Crippen LogP contribution in [0.5, 0.6) is 0 Å². The van der Waals surface area contributed by atoms with E-state index in [0.717, 1.165) is 0 Å². The first-order chi connectivity index (χ1) is 5.27. The van der Waals surface area contributed by atoms with Crippen LogP contribution in [0.3, 0.4) is 0 Å². The molecule has 1 aromatic carbocycles. The molecule has 0 aromatic heterocycles. The number of hydrogen-bond acceptors (Lipinski definition) is 1. The van der Waals surface area contributed by atoms with Gasteiger partial charge in [0.25, 0.3) is 0 Å². The molecule has 0 bridgehead atoms. The van der Waals surface area contributed by atoms with Crippen LogP contribution in [-0.2, 0) is 0 Å². The summed E-state index contributed by atoms with van der Waals surface area (Å²) in [7, 11) is 0. The minimum atomic E-state index is 1.23. The summed E-state index contributed by atoms with van der Waals surface area (Å²) in [4.78, 5) is 1.30. The van der Waals surface area contributed by atoms with Crippen molar-refractivity contribution in [1.82, 2.24) is 0 Å². The summed E-state index contributed by atoms with van der Waals surface area (Å²) in [5, 5.41) is 0. The lowest BCUT2D eigenvalue weighted by Gasteiger charge is -2.02. The van der Waals surface area contributed by atoms with Gasteiger partial charge in [0.05, 0.1) is 0 Å². The van der Waals surface area contributed by atoms with Crippen molar-refractivity contribution >= 4 is 17.8 Å². The second-order valence-electron chi connectivity index (χ2n) is 2.45. The van der Waals surface area contributed by atoms with Crippen molar-refractivity contribution in [2.75, 3.05) is 6.26 Å². The summed E-state index contributed by atoms with van der Waals surface area (Å²) in [5.74, 6) is 0. The van der Waals surface area contributed by atoms with E-state index >= 15 is 0 Å². The molecule has 1 heteroatoms. The minimum absolute atomic E-state index is 1.23. The van der Waals surface area contributed by atoms with Crippen molar-refractivity contribution in [3.05, 3.63) is 35.9 Å². The van der Waals surface area contributed by atoms with Crippen molar-refractivity contribution in [2.45, 2.75) is 11.8 Å². The average Bonchev–Trinajstić information content (AvgIpc) is 2.04. The van der Waals surface area contributed by atoms with E-state index in [1.807, 2.05) is 6.08 Å². The second-order valence-corrected chi connectivity index (χ2v) is 3.30. The van der Waals surface area contributed by atoms with Crippen molar-refractivity contribution in [3.8, 4) is 0 Å². The number of aryl methyl sites for hydroxylation is 1. The van der Waals surface area contributed by atoms with Gasteiger partial charge in [-0.05, 0) is 24.8 Å². The molecular weight excluding hydrogens is 152 g/mol. The molecule has 0 N–H and O–H groups in total. The Bertz CT molecular complexity index is 264. The molecule has 0 amide bonds. The largest absolute Gasteiger partial charge is 0.129 e. The lowest BCUT2D eigenvalue weighted by Crippen LogP contribution is -1.79. The summed E-state index contributed by atoms with van der Waals surface area (Å²) >= 11 is 1.76. The summed E-state index contributed by atoms with van der Waals surface area (Å²) in [6, 6.07) is 6.41. The highest BCUT2D eigenvalue weighted by atomic mass is 32.2. The summed E-state index contributed by atoms with van der Waals surface area (Å²) in [6.45, 7) is 5.86. The van der Waals surface area contributed by atoms with Crippen LogP contribution in [0.2, 0.25) is 0 Å². The van der Waals surface area contributed by atoms with E-state index < -0.39 is 0 Å². The van der Waals surface area contributed by atoms with E-state index in [0.29, 0.717) is 0 Å². The van der Waals surface area contributed by atoms with Crippen molar-refractivity contribution < 1.29 is 0 Å². The molecule has 11 heavy (non-hydrogen) atoms. The van der Waals surface area contributed by atoms with Crippen LogP contribution in [-0.4, -0.2) is 6.26 Å². The summed E-state index contributed by atoms with van der Waals surface area (Å²) in [6.07, 6.45) is 3.98. The van der Waals surface area contributed by atoms with Gasteiger partial charge < -0.3 is 0 Å². The maximum absolute atomic E-state index is 3.77. The number of benzene rings is 1. The molecule has 0 heterocycles. The smallest absolute Gasteiger partial charge is 0.0142 e. The van der Waals surface area contributed by atoms with Gasteiger partial charge in [-0.3, -0.25) is 0 Å². The van der Waals surface area contributed by atoms with E-state index in [1.165, 1.54) is 16.0 Å². The van der Waals surface area contributed by atoms with E-state index in [-0.39, 0.29) is 0 Å². The highest BCUT2D eigenvalue weighted by molar-refractivity contribution is 7.98. The molecule has 0 radical (unpaired) electrons. The fourth-order valence-electron chi connectivity index (χ4n) is 1.01. The molecule has 0 nitrogen and oxygen atoms in total. The third kappa shape index (κ3) is 1.87. The van der Waals surface area contributed by atoms with E-state index in [2.05, 4.69) is 38.0 Å². The van der Waals surface area contributed by atoms with Crippen molar-refractivity contribution in [2.24, 2.45) is 0 Å². The Morgan fingerprint density at radius 2 is 2.18 bits per heavy atom. The molecule has 0 aliphatic heterocycles. The predicted octanol–water partition coefficient (Wildman–Crippen LogP) is 3.36. The molecule has 0 aliphatic rings. The van der Waals surface area contributed by atoms with Crippen LogP contribution in [0.4, 0.5) is 0 Å². The zero-order chi connectivity index (χ0) is 8.27. The van der Waals surface area contributed by atoms with Gasteiger partial charge in [0, 0.05) is 4.90 Å². The Kier molecular flexibility index (Phi) is 2.77. The molecule has 0 spiro atoms. The van der Waals surface area contributed by atoms with Gasteiger partial charge >= 0.3 is 0 Å². The Labute approximate surface area is 72.3 Å². The molecule has 1 aromatic rings. The number of hydrogen-bond donors (Lipinski definition) is 0. The van der Waals surface area contributed by atoms with Crippen LogP contribution >= 0.6 is 11.8 Å². The SMILES string of the molecule is C=Cc1cc(C)ccc1SC. The molecule has 0 unspecified atom stereocenters. The van der Waals surface area contributed by atoms with Gasteiger partial charge in [0.15, 0.2) is 0 Å². The van der Waals surface area contributed by atoms with Crippen LogP contribution in [0.1, 0.15) is 11.1 Å². The highest BCUT2D eigenvalue weighted by Crippen LogP contribution is 2.21. The van der Waals surface area contributed by atoms with Crippen LogP contribution in [0.15, 0.2) is 29.7 Å². The summed E-state index contributed by atoms with van der Waals surface area (Å²) < 4.78 is 0. The van der Waals surface area contributed by atoms with Crippen LogP contribution < -0.4 is 0 Å². The van der Waals surface area contributed by atoms with E-state index in [1.54, 1.807) is 11.8 Å². The maximum atomic E-state index is 3.77. The van der Waals surface area contributed by atoms with Crippen molar-refractivity contribution in [1.29, 1.82) is 0 Å². The standard InChI is InChI=1S/C10H12S/c1-4-9-7-8(2)5-6-10(9)11-3/h4-7H,1H2,2-3H3. The average molecular weight is 164 g/mol. The van der Waals surface area contributed by atoms with Crippen LogP contribution in [0.25, 0.3) is 6.08 Å². The van der Waals surface area contributed by atoms with Gasteiger partial charge in [-0.2, -0.15) is 0 Å². The first kappa shape index (κ1) is 8.41. The highest BCUT2D eigenvalue weighted by Gasteiger charge is 1.95. The third-order valence-electron chi connectivity index (χ3n) is 1.61. The van der Waals surface area contributed by atoms with E-state index in [9.17, 15) is 0 Å².